The van der Waals surface area contributed by atoms with E-state index in [2.05, 4.69) is 25.2 Å². The average Bonchev–Trinajstić information content (AvgIpc) is 3.21. The summed E-state index contributed by atoms with van der Waals surface area (Å²) in [6.07, 6.45) is 8.41. The third-order valence-electron chi connectivity index (χ3n) is 4.39. The SMILES string of the molecule is NNc1cn2ccnc2c(N2CCN(CC3CC3)CC2)n1. The highest BCUT2D eigenvalue weighted by atomic mass is 15.3. The largest absolute Gasteiger partial charge is 0.351 e. The highest BCUT2D eigenvalue weighted by molar-refractivity contribution is 5.66. The Labute approximate surface area is 123 Å². The maximum Gasteiger partial charge on any atom is 0.180 e. The number of imidazole rings is 1. The number of hydrazine groups is 1. The highest BCUT2D eigenvalue weighted by Gasteiger charge is 2.27. The van der Waals surface area contributed by atoms with Crippen molar-refractivity contribution in [3.05, 3.63) is 18.6 Å². The summed E-state index contributed by atoms with van der Waals surface area (Å²) >= 11 is 0. The molecule has 1 aliphatic heterocycles. The summed E-state index contributed by atoms with van der Waals surface area (Å²) in [4.78, 5) is 13.9. The average molecular weight is 287 g/mol. The Morgan fingerprint density at radius 2 is 2.05 bits per heavy atom. The minimum absolute atomic E-state index is 0.663. The van der Waals surface area contributed by atoms with E-state index < -0.39 is 0 Å². The van der Waals surface area contributed by atoms with Gasteiger partial charge in [-0.2, -0.15) is 0 Å². The van der Waals surface area contributed by atoms with Gasteiger partial charge in [-0.25, -0.2) is 15.8 Å². The first kappa shape index (κ1) is 12.8. The van der Waals surface area contributed by atoms with Crippen molar-refractivity contribution in [3.8, 4) is 0 Å². The van der Waals surface area contributed by atoms with E-state index in [4.69, 9.17) is 5.84 Å². The van der Waals surface area contributed by atoms with Gasteiger partial charge in [-0.05, 0) is 18.8 Å². The monoisotopic (exact) mass is 287 g/mol. The molecule has 0 aromatic carbocycles. The van der Waals surface area contributed by atoms with Crippen molar-refractivity contribution >= 4 is 17.3 Å². The molecule has 1 saturated heterocycles. The number of nitrogen functional groups attached to an aromatic ring is 1. The van der Waals surface area contributed by atoms with Crippen molar-refractivity contribution in [2.75, 3.05) is 43.0 Å². The van der Waals surface area contributed by atoms with Crippen LogP contribution in [-0.2, 0) is 0 Å². The second kappa shape index (κ2) is 5.16. The van der Waals surface area contributed by atoms with Crippen LogP contribution in [0.1, 0.15) is 12.8 Å². The quantitative estimate of drug-likeness (QED) is 0.632. The number of piperazine rings is 1. The second-order valence-corrected chi connectivity index (χ2v) is 5.98. The summed E-state index contributed by atoms with van der Waals surface area (Å²) in [6, 6.07) is 0. The summed E-state index contributed by atoms with van der Waals surface area (Å²) in [7, 11) is 0. The van der Waals surface area contributed by atoms with Gasteiger partial charge in [0.25, 0.3) is 0 Å². The van der Waals surface area contributed by atoms with Crippen LogP contribution in [0.5, 0.6) is 0 Å². The van der Waals surface area contributed by atoms with Crippen LogP contribution in [0.4, 0.5) is 11.6 Å². The molecule has 1 aliphatic carbocycles. The minimum Gasteiger partial charge on any atom is -0.351 e. The highest BCUT2D eigenvalue weighted by Crippen LogP contribution is 2.30. The lowest BCUT2D eigenvalue weighted by molar-refractivity contribution is 0.248. The van der Waals surface area contributed by atoms with Gasteiger partial charge < -0.3 is 14.7 Å². The summed E-state index contributed by atoms with van der Waals surface area (Å²) in [6.45, 7) is 5.47. The van der Waals surface area contributed by atoms with Crippen molar-refractivity contribution in [2.45, 2.75) is 12.8 Å². The van der Waals surface area contributed by atoms with Gasteiger partial charge in [-0.1, -0.05) is 0 Å². The molecule has 2 fully saturated rings. The molecule has 3 heterocycles. The zero-order valence-corrected chi connectivity index (χ0v) is 12.1. The molecule has 0 spiro atoms. The number of nitrogens with two attached hydrogens (primary N) is 1. The van der Waals surface area contributed by atoms with Crippen LogP contribution in [-0.4, -0.2) is 52.0 Å². The molecule has 112 valence electrons. The standard InChI is InChI=1S/C14H21N7/c15-18-12-10-21-4-3-16-13(21)14(17-12)20-7-5-19(6-8-20)9-11-1-2-11/h3-4,10-11,18H,1-2,5-9,15H2. The van der Waals surface area contributed by atoms with E-state index >= 15 is 0 Å². The Bertz CT molecular complexity index is 625. The van der Waals surface area contributed by atoms with E-state index in [0.29, 0.717) is 5.82 Å². The molecule has 21 heavy (non-hydrogen) atoms. The molecule has 0 atom stereocenters. The number of hydrogen-bond acceptors (Lipinski definition) is 6. The second-order valence-electron chi connectivity index (χ2n) is 5.98. The summed E-state index contributed by atoms with van der Waals surface area (Å²) in [5.41, 5.74) is 3.53. The van der Waals surface area contributed by atoms with Crippen LogP contribution in [0.2, 0.25) is 0 Å². The normalized spacial score (nSPS) is 20.1. The van der Waals surface area contributed by atoms with Crippen LogP contribution in [0.3, 0.4) is 0 Å². The van der Waals surface area contributed by atoms with Gasteiger partial charge >= 0.3 is 0 Å². The Morgan fingerprint density at radius 3 is 2.76 bits per heavy atom. The zero-order chi connectivity index (χ0) is 14.2. The van der Waals surface area contributed by atoms with E-state index in [0.717, 1.165) is 43.6 Å². The first-order valence-corrected chi connectivity index (χ1v) is 7.61. The van der Waals surface area contributed by atoms with Gasteiger partial charge in [-0.3, -0.25) is 4.90 Å². The smallest absolute Gasteiger partial charge is 0.180 e. The lowest BCUT2D eigenvalue weighted by atomic mass is 10.3. The van der Waals surface area contributed by atoms with Gasteiger partial charge in [0.2, 0.25) is 0 Å². The Hall–Kier alpha value is -1.86. The number of aromatic nitrogens is 3. The lowest BCUT2D eigenvalue weighted by Gasteiger charge is -2.35. The Balaban J connectivity index is 1.54. The van der Waals surface area contributed by atoms with Gasteiger partial charge in [0.05, 0.1) is 6.20 Å². The molecule has 2 aromatic heterocycles. The summed E-state index contributed by atoms with van der Waals surface area (Å²) in [5.74, 6) is 8.06. The third-order valence-corrected chi connectivity index (χ3v) is 4.39. The van der Waals surface area contributed by atoms with Crippen molar-refractivity contribution in [2.24, 2.45) is 11.8 Å². The van der Waals surface area contributed by atoms with Crippen LogP contribution >= 0.6 is 0 Å². The number of nitrogens with one attached hydrogen (secondary N) is 1. The van der Waals surface area contributed by atoms with Gasteiger partial charge in [0.15, 0.2) is 17.3 Å². The molecule has 1 saturated carbocycles. The Kier molecular flexibility index (Phi) is 3.16. The van der Waals surface area contributed by atoms with Crippen molar-refractivity contribution < 1.29 is 0 Å². The molecule has 0 bridgehead atoms. The predicted molar refractivity (Wildman–Crippen MR) is 82.2 cm³/mol. The van der Waals surface area contributed by atoms with Gasteiger partial charge in [0, 0.05) is 45.1 Å². The third kappa shape index (κ3) is 2.54. The van der Waals surface area contributed by atoms with E-state index in [1.54, 1.807) is 6.20 Å². The molecule has 7 heteroatoms. The van der Waals surface area contributed by atoms with Crippen molar-refractivity contribution in [1.29, 1.82) is 0 Å². The minimum atomic E-state index is 0.663. The van der Waals surface area contributed by atoms with Crippen LogP contribution in [0, 0.1) is 5.92 Å². The maximum atomic E-state index is 5.52. The van der Waals surface area contributed by atoms with Gasteiger partial charge in [-0.15, -0.1) is 0 Å². The van der Waals surface area contributed by atoms with E-state index in [1.165, 1.54) is 19.4 Å². The Morgan fingerprint density at radius 1 is 1.24 bits per heavy atom. The molecule has 3 N–H and O–H groups in total. The van der Waals surface area contributed by atoms with Crippen LogP contribution < -0.4 is 16.2 Å². The summed E-state index contributed by atoms with van der Waals surface area (Å²) < 4.78 is 1.97. The van der Waals surface area contributed by atoms with Crippen molar-refractivity contribution in [1.82, 2.24) is 19.3 Å². The number of anilines is 2. The molecule has 0 unspecified atom stereocenters. The fourth-order valence-corrected chi connectivity index (χ4v) is 3.00. The lowest BCUT2D eigenvalue weighted by Crippen LogP contribution is -2.47. The van der Waals surface area contributed by atoms with Gasteiger partial charge in [0.1, 0.15) is 0 Å². The van der Waals surface area contributed by atoms with Crippen LogP contribution in [0.25, 0.3) is 5.65 Å². The molecule has 0 radical (unpaired) electrons. The first-order chi connectivity index (χ1) is 10.3. The molecule has 2 aliphatic rings. The molecular formula is C14H21N7. The van der Waals surface area contributed by atoms with E-state index in [1.807, 2.05) is 16.8 Å². The number of rotatable bonds is 4. The molecular weight excluding hydrogens is 266 g/mol. The number of nitrogens with zero attached hydrogens (tertiary/aromatic N) is 5. The number of hydrogen-bond donors (Lipinski definition) is 2. The van der Waals surface area contributed by atoms with E-state index in [-0.39, 0.29) is 0 Å². The molecule has 2 aromatic rings. The first-order valence-electron chi connectivity index (χ1n) is 7.61. The summed E-state index contributed by atoms with van der Waals surface area (Å²) in [5, 5.41) is 0. The maximum absolute atomic E-state index is 5.52. The van der Waals surface area contributed by atoms with E-state index in [9.17, 15) is 0 Å². The van der Waals surface area contributed by atoms with Crippen LogP contribution in [0.15, 0.2) is 18.6 Å². The fraction of sp³-hybridized carbons (Fsp3) is 0.571. The topological polar surface area (TPSA) is 74.7 Å². The molecule has 4 rings (SSSR count). The molecule has 0 amide bonds. The number of fused-ring (bicyclic) bond motifs is 1. The van der Waals surface area contributed by atoms with Crippen molar-refractivity contribution in [3.63, 3.8) is 0 Å². The fourth-order valence-electron chi connectivity index (χ4n) is 3.00. The predicted octanol–water partition coefficient (Wildman–Crippen LogP) is 0.547. The zero-order valence-electron chi connectivity index (χ0n) is 12.1. The molecule has 7 nitrogen and oxygen atoms in total.